The minimum absolute atomic E-state index is 0.0303. The SMILES string of the molecule is Cc1noc(CNc2nc(C(C)(C)C)ns2)n1. The van der Waals surface area contributed by atoms with Crippen LogP contribution in [-0.4, -0.2) is 19.5 Å². The predicted molar refractivity (Wildman–Crippen MR) is 65.0 cm³/mol. The van der Waals surface area contributed by atoms with Crippen molar-refractivity contribution in [1.29, 1.82) is 0 Å². The Morgan fingerprint density at radius 3 is 2.59 bits per heavy atom. The van der Waals surface area contributed by atoms with Crippen LogP contribution in [-0.2, 0) is 12.0 Å². The maximum absolute atomic E-state index is 4.99. The highest BCUT2D eigenvalue weighted by molar-refractivity contribution is 7.09. The molecule has 0 fully saturated rings. The Kier molecular flexibility index (Phi) is 3.10. The number of rotatable bonds is 3. The van der Waals surface area contributed by atoms with Crippen molar-refractivity contribution < 1.29 is 4.52 Å². The van der Waals surface area contributed by atoms with Gasteiger partial charge in [0.05, 0.1) is 6.54 Å². The fourth-order valence-corrected chi connectivity index (χ4v) is 1.91. The van der Waals surface area contributed by atoms with Crippen molar-refractivity contribution in [2.45, 2.75) is 39.7 Å². The van der Waals surface area contributed by atoms with E-state index in [1.165, 1.54) is 11.5 Å². The molecule has 0 aliphatic carbocycles. The predicted octanol–water partition coefficient (Wildman–Crippen LogP) is 2.14. The van der Waals surface area contributed by atoms with Gasteiger partial charge in [0.25, 0.3) is 0 Å². The second-order valence-corrected chi connectivity index (χ2v) is 5.51. The van der Waals surface area contributed by atoms with E-state index in [-0.39, 0.29) is 5.41 Å². The number of anilines is 1. The summed E-state index contributed by atoms with van der Waals surface area (Å²) in [6, 6.07) is 0. The molecule has 2 aromatic heterocycles. The van der Waals surface area contributed by atoms with Gasteiger partial charge in [-0.15, -0.1) is 0 Å². The highest BCUT2D eigenvalue weighted by Gasteiger charge is 2.19. The lowest BCUT2D eigenvalue weighted by molar-refractivity contribution is 0.379. The summed E-state index contributed by atoms with van der Waals surface area (Å²) < 4.78 is 9.30. The molecular formula is C10H15N5OS. The van der Waals surface area contributed by atoms with Crippen molar-refractivity contribution in [3.8, 4) is 0 Å². The lowest BCUT2D eigenvalue weighted by Crippen LogP contribution is -2.13. The molecule has 0 saturated heterocycles. The van der Waals surface area contributed by atoms with Crippen LogP contribution in [0.25, 0.3) is 0 Å². The standard InChI is InChI=1S/C10H15N5OS/c1-6-12-7(16-14-6)5-11-9-13-8(15-17-9)10(2,3)4/h5H2,1-4H3,(H,11,13,15). The highest BCUT2D eigenvalue weighted by Crippen LogP contribution is 2.23. The van der Waals surface area contributed by atoms with Crippen molar-refractivity contribution >= 4 is 16.7 Å². The molecule has 2 rings (SSSR count). The zero-order valence-electron chi connectivity index (χ0n) is 10.3. The second kappa shape index (κ2) is 4.40. The molecule has 1 N–H and O–H groups in total. The summed E-state index contributed by atoms with van der Waals surface area (Å²) in [5, 5.41) is 7.60. The lowest BCUT2D eigenvalue weighted by atomic mass is 9.96. The fraction of sp³-hybridized carbons (Fsp3) is 0.600. The molecule has 92 valence electrons. The fourth-order valence-electron chi connectivity index (χ4n) is 1.16. The summed E-state index contributed by atoms with van der Waals surface area (Å²) in [7, 11) is 0. The summed E-state index contributed by atoms with van der Waals surface area (Å²) >= 11 is 1.34. The van der Waals surface area contributed by atoms with Gasteiger partial charge in [-0.1, -0.05) is 25.9 Å². The third-order valence-electron chi connectivity index (χ3n) is 2.06. The zero-order chi connectivity index (χ0) is 12.5. The smallest absolute Gasteiger partial charge is 0.246 e. The van der Waals surface area contributed by atoms with Crippen molar-refractivity contribution in [3.63, 3.8) is 0 Å². The van der Waals surface area contributed by atoms with E-state index in [9.17, 15) is 0 Å². The number of hydrogen-bond donors (Lipinski definition) is 1. The van der Waals surface area contributed by atoms with Crippen LogP contribution in [0, 0.1) is 6.92 Å². The van der Waals surface area contributed by atoms with Gasteiger partial charge in [0, 0.05) is 16.9 Å². The van der Waals surface area contributed by atoms with E-state index in [4.69, 9.17) is 4.52 Å². The van der Waals surface area contributed by atoms with Gasteiger partial charge in [-0.05, 0) is 6.92 Å². The highest BCUT2D eigenvalue weighted by atomic mass is 32.1. The summed E-state index contributed by atoms with van der Waals surface area (Å²) in [6.45, 7) is 8.51. The molecule has 2 heterocycles. The Morgan fingerprint density at radius 2 is 2.06 bits per heavy atom. The first-order chi connectivity index (χ1) is 7.95. The van der Waals surface area contributed by atoms with E-state index >= 15 is 0 Å². The van der Waals surface area contributed by atoms with E-state index in [0.717, 1.165) is 11.0 Å². The Morgan fingerprint density at radius 1 is 1.29 bits per heavy atom. The van der Waals surface area contributed by atoms with Gasteiger partial charge in [-0.3, -0.25) is 0 Å². The topological polar surface area (TPSA) is 76.7 Å². The van der Waals surface area contributed by atoms with Gasteiger partial charge in [0.15, 0.2) is 5.82 Å². The van der Waals surface area contributed by atoms with Crippen molar-refractivity contribution in [2.75, 3.05) is 5.32 Å². The van der Waals surface area contributed by atoms with Crippen LogP contribution in [0.2, 0.25) is 0 Å². The molecule has 17 heavy (non-hydrogen) atoms. The van der Waals surface area contributed by atoms with Crippen LogP contribution in [0.4, 0.5) is 5.13 Å². The van der Waals surface area contributed by atoms with Crippen LogP contribution in [0.3, 0.4) is 0 Å². The summed E-state index contributed by atoms with van der Waals surface area (Å²) in [6.07, 6.45) is 0. The van der Waals surface area contributed by atoms with Crippen LogP contribution >= 0.6 is 11.5 Å². The molecule has 0 saturated carbocycles. The van der Waals surface area contributed by atoms with Crippen LogP contribution < -0.4 is 5.32 Å². The Hall–Kier alpha value is -1.50. The number of aryl methyl sites for hydroxylation is 1. The molecule has 7 heteroatoms. The molecule has 0 aromatic carbocycles. The van der Waals surface area contributed by atoms with Gasteiger partial charge in [0.2, 0.25) is 11.0 Å². The summed E-state index contributed by atoms with van der Waals surface area (Å²) in [4.78, 5) is 8.51. The minimum atomic E-state index is -0.0303. The van der Waals surface area contributed by atoms with Crippen LogP contribution in [0.15, 0.2) is 4.52 Å². The molecule has 0 amide bonds. The van der Waals surface area contributed by atoms with E-state index in [1.807, 2.05) is 0 Å². The Bertz CT molecular complexity index is 499. The molecule has 0 unspecified atom stereocenters. The average Bonchev–Trinajstić information content (AvgIpc) is 2.82. The molecule has 0 spiro atoms. The summed E-state index contributed by atoms with van der Waals surface area (Å²) in [5.74, 6) is 2.02. The Labute approximate surface area is 104 Å². The third-order valence-corrected chi connectivity index (χ3v) is 2.73. The third kappa shape index (κ3) is 3.00. The van der Waals surface area contributed by atoms with E-state index < -0.39 is 0 Å². The van der Waals surface area contributed by atoms with Gasteiger partial charge < -0.3 is 9.84 Å². The molecule has 2 aromatic rings. The van der Waals surface area contributed by atoms with Crippen molar-refractivity contribution in [3.05, 3.63) is 17.5 Å². The van der Waals surface area contributed by atoms with E-state index in [0.29, 0.717) is 18.3 Å². The monoisotopic (exact) mass is 253 g/mol. The van der Waals surface area contributed by atoms with Crippen molar-refractivity contribution in [1.82, 2.24) is 19.5 Å². The molecule has 6 nitrogen and oxygen atoms in total. The maximum Gasteiger partial charge on any atom is 0.246 e. The van der Waals surface area contributed by atoms with E-state index in [1.54, 1.807) is 6.92 Å². The van der Waals surface area contributed by atoms with Crippen molar-refractivity contribution in [2.24, 2.45) is 0 Å². The molecule has 0 bridgehead atoms. The normalized spacial score (nSPS) is 11.8. The van der Waals surface area contributed by atoms with Gasteiger partial charge in [-0.2, -0.15) is 9.36 Å². The number of aromatic nitrogens is 4. The number of nitrogens with one attached hydrogen (secondary N) is 1. The van der Waals surface area contributed by atoms with Gasteiger partial charge in [-0.25, -0.2) is 4.98 Å². The molecular weight excluding hydrogens is 238 g/mol. The second-order valence-electron chi connectivity index (χ2n) is 4.76. The number of hydrogen-bond acceptors (Lipinski definition) is 7. The first kappa shape index (κ1) is 12.0. The van der Waals surface area contributed by atoms with Gasteiger partial charge >= 0.3 is 0 Å². The van der Waals surface area contributed by atoms with Crippen LogP contribution in [0.5, 0.6) is 0 Å². The van der Waals surface area contributed by atoms with E-state index in [2.05, 4.69) is 45.6 Å². The first-order valence-corrected chi connectivity index (χ1v) is 6.10. The minimum Gasteiger partial charge on any atom is -0.351 e. The quantitative estimate of drug-likeness (QED) is 0.903. The lowest BCUT2D eigenvalue weighted by Gasteiger charge is -2.12. The molecule has 0 atom stereocenters. The maximum atomic E-state index is 4.99. The first-order valence-electron chi connectivity index (χ1n) is 5.32. The molecule has 0 aliphatic rings. The molecule has 0 radical (unpaired) electrons. The van der Waals surface area contributed by atoms with Gasteiger partial charge in [0.1, 0.15) is 5.82 Å². The zero-order valence-corrected chi connectivity index (χ0v) is 11.1. The largest absolute Gasteiger partial charge is 0.351 e. The van der Waals surface area contributed by atoms with Crippen LogP contribution in [0.1, 0.15) is 38.3 Å². The average molecular weight is 253 g/mol. The molecule has 0 aliphatic heterocycles. The summed E-state index contributed by atoms with van der Waals surface area (Å²) in [5.41, 5.74) is -0.0303. The number of nitrogens with zero attached hydrogens (tertiary/aromatic N) is 4. The Balaban J connectivity index is 1.98.